The van der Waals surface area contributed by atoms with Crippen LogP contribution in [0.25, 0.3) is 0 Å². The van der Waals surface area contributed by atoms with Gasteiger partial charge in [-0.25, -0.2) is 8.78 Å². The maximum absolute atomic E-state index is 13.3. The average Bonchev–Trinajstić information content (AvgIpc) is 2.71. The van der Waals surface area contributed by atoms with Crippen LogP contribution in [0, 0.1) is 5.92 Å². The first kappa shape index (κ1) is 14.8. The van der Waals surface area contributed by atoms with E-state index in [2.05, 4.69) is 0 Å². The van der Waals surface area contributed by atoms with Gasteiger partial charge in [0.25, 0.3) is 5.92 Å². The van der Waals surface area contributed by atoms with E-state index in [0.717, 1.165) is 19.3 Å². The van der Waals surface area contributed by atoms with E-state index in [0.29, 0.717) is 13.0 Å². The maximum atomic E-state index is 13.3. The van der Waals surface area contributed by atoms with Crippen molar-refractivity contribution in [1.29, 1.82) is 0 Å². The van der Waals surface area contributed by atoms with Gasteiger partial charge in [0.05, 0.1) is 12.2 Å². The van der Waals surface area contributed by atoms with Crippen molar-refractivity contribution in [2.45, 2.75) is 64.1 Å². The summed E-state index contributed by atoms with van der Waals surface area (Å²) < 4.78 is 37.5. The van der Waals surface area contributed by atoms with Crippen LogP contribution in [0.5, 0.6) is 0 Å². The Kier molecular flexibility index (Phi) is 5.80. The minimum Gasteiger partial charge on any atom is -0.379 e. The predicted molar refractivity (Wildman–Crippen MR) is 63.4 cm³/mol. The molecule has 2 nitrogen and oxygen atoms in total. The summed E-state index contributed by atoms with van der Waals surface area (Å²) in [6.07, 6.45) is 3.69. The Morgan fingerprint density at radius 1 is 1.24 bits per heavy atom. The lowest BCUT2D eigenvalue weighted by molar-refractivity contribution is -0.0712. The third kappa shape index (κ3) is 4.51. The molecule has 0 aromatic carbocycles. The van der Waals surface area contributed by atoms with E-state index in [1.54, 1.807) is 21.0 Å². The summed E-state index contributed by atoms with van der Waals surface area (Å²) in [4.78, 5) is 0. The molecule has 0 amide bonds. The number of hydrogen-bond donors (Lipinski definition) is 0. The maximum Gasteiger partial charge on any atom is 0.250 e. The van der Waals surface area contributed by atoms with Crippen molar-refractivity contribution in [2.75, 3.05) is 13.7 Å². The molecule has 0 bridgehead atoms. The topological polar surface area (TPSA) is 18.5 Å². The van der Waals surface area contributed by atoms with Crippen molar-refractivity contribution < 1.29 is 18.3 Å². The first-order chi connectivity index (χ1) is 7.97. The minimum atomic E-state index is -2.57. The fourth-order valence-electron chi connectivity index (χ4n) is 2.18. The number of alkyl halides is 2. The van der Waals surface area contributed by atoms with Gasteiger partial charge in [-0.2, -0.15) is 0 Å². The SMILES string of the molecule is COC1CCCC1OCCCC(F)(F)C(C)C. The minimum absolute atomic E-state index is 0.0883. The summed E-state index contributed by atoms with van der Waals surface area (Å²) in [6, 6.07) is 0. The van der Waals surface area contributed by atoms with Crippen LogP contribution in [0.4, 0.5) is 8.78 Å². The molecular formula is C13H24F2O2. The summed E-state index contributed by atoms with van der Waals surface area (Å²) in [5.74, 6) is -3.17. The van der Waals surface area contributed by atoms with E-state index in [-0.39, 0.29) is 18.6 Å². The molecule has 2 atom stereocenters. The lowest BCUT2D eigenvalue weighted by atomic mass is 10.0. The second kappa shape index (κ2) is 6.64. The number of halogens is 2. The third-order valence-electron chi connectivity index (χ3n) is 3.53. The molecule has 0 aromatic heterocycles. The van der Waals surface area contributed by atoms with Crippen molar-refractivity contribution in [2.24, 2.45) is 5.92 Å². The summed E-state index contributed by atoms with van der Waals surface area (Å²) in [6.45, 7) is 3.52. The van der Waals surface area contributed by atoms with Gasteiger partial charge >= 0.3 is 0 Å². The smallest absolute Gasteiger partial charge is 0.250 e. The molecule has 1 aliphatic rings. The average molecular weight is 250 g/mol. The Morgan fingerprint density at radius 3 is 2.47 bits per heavy atom. The molecule has 1 fully saturated rings. The fourth-order valence-corrected chi connectivity index (χ4v) is 2.18. The van der Waals surface area contributed by atoms with Crippen LogP contribution in [0.15, 0.2) is 0 Å². The van der Waals surface area contributed by atoms with Gasteiger partial charge in [-0.3, -0.25) is 0 Å². The summed E-state index contributed by atoms with van der Waals surface area (Å²) in [5, 5.41) is 0. The quantitative estimate of drug-likeness (QED) is 0.642. The zero-order valence-corrected chi connectivity index (χ0v) is 11.0. The molecule has 1 rings (SSSR count). The highest BCUT2D eigenvalue weighted by molar-refractivity contribution is 4.78. The van der Waals surface area contributed by atoms with Crippen LogP contribution in [-0.4, -0.2) is 31.8 Å². The largest absolute Gasteiger partial charge is 0.379 e. The van der Waals surface area contributed by atoms with Crippen LogP contribution in [0.1, 0.15) is 46.0 Å². The summed E-state index contributed by atoms with van der Waals surface area (Å²) in [7, 11) is 1.68. The van der Waals surface area contributed by atoms with Gasteiger partial charge < -0.3 is 9.47 Å². The van der Waals surface area contributed by atoms with Crippen LogP contribution in [0.3, 0.4) is 0 Å². The van der Waals surface area contributed by atoms with Crippen LogP contribution < -0.4 is 0 Å². The molecule has 1 saturated carbocycles. The fraction of sp³-hybridized carbons (Fsp3) is 1.00. The third-order valence-corrected chi connectivity index (χ3v) is 3.53. The van der Waals surface area contributed by atoms with Gasteiger partial charge in [0, 0.05) is 26.1 Å². The van der Waals surface area contributed by atoms with Crippen LogP contribution in [-0.2, 0) is 9.47 Å². The second-order valence-electron chi connectivity index (χ2n) is 5.13. The lowest BCUT2D eigenvalue weighted by Gasteiger charge is -2.22. The Balaban J connectivity index is 2.16. The molecule has 0 spiro atoms. The van der Waals surface area contributed by atoms with Crippen LogP contribution in [0.2, 0.25) is 0 Å². The molecule has 0 radical (unpaired) electrons. The number of hydrogen-bond acceptors (Lipinski definition) is 2. The Bertz CT molecular complexity index is 219. The van der Waals surface area contributed by atoms with Gasteiger partial charge in [0.15, 0.2) is 0 Å². The van der Waals surface area contributed by atoms with Crippen molar-refractivity contribution in [1.82, 2.24) is 0 Å². The van der Waals surface area contributed by atoms with Gasteiger partial charge in [0.2, 0.25) is 0 Å². The first-order valence-corrected chi connectivity index (χ1v) is 6.49. The molecule has 0 aromatic rings. The van der Waals surface area contributed by atoms with Crippen molar-refractivity contribution in [3.05, 3.63) is 0 Å². The molecule has 0 N–H and O–H groups in total. The first-order valence-electron chi connectivity index (χ1n) is 6.49. The Hall–Kier alpha value is -0.220. The summed E-state index contributed by atoms with van der Waals surface area (Å²) in [5.41, 5.74) is 0. The molecule has 0 heterocycles. The molecule has 17 heavy (non-hydrogen) atoms. The van der Waals surface area contributed by atoms with Gasteiger partial charge in [-0.15, -0.1) is 0 Å². The van der Waals surface area contributed by atoms with E-state index < -0.39 is 11.8 Å². The van der Waals surface area contributed by atoms with Gasteiger partial charge in [0.1, 0.15) is 0 Å². The summed E-state index contributed by atoms with van der Waals surface area (Å²) >= 11 is 0. The number of rotatable bonds is 7. The predicted octanol–water partition coefficient (Wildman–Crippen LogP) is 3.64. The highest BCUT2D eigenvalue weighted by Crippen LogP contribution is 2.29. The van der Waals surface area contributed by atoms with E-state index >= 15 is 0 Å². The molecule has 4 heteroatoms. The molecule has 102 valence electrons. The highest BCUT2D eigenvalue weighted by Gasteiger charge is 2.33. The zero-order valence-electron chi connectivity index (χ0n) is 11.0. The molecule has 0 aliphatic heterocycles. The van der Waals surface area contributed by atoms with Gasteiger partial charge in [-0.05, 0) is 25.7 Å². The van der Waals surface area contributed by atoms with Gasteiger partial charge in [-0.1, -0.05) is 13.8 Å². The standard InChI is InChI=1S/C13H24F2O2/c1-10(2)13(14,15)8-5-9-17-12-7-4-6-11(12)16-3/h10-12H,4-9H2,1-3H3. The second-order valence-corrected chi connectivity index (χ2v) is 5.13. The van der Waals surface area contributed by atoms with Crippen molar-refractivity contribution >= 4 is 0 Å². The van der Waals surface area contributed by atoms with E-state index in [4.69, 9.17) is 9.47 Å². The number of ether oxygens (including phenoxy) is 2. The van der Waals surface area contributed by atoms with E-state index in [1.807, 2.05) is 0 Å². The molecule has 0 saturated heterocycles. The molecule has 1 aliphatic carbocycles. The van der Waals surface area contributed by atoms with Crippen molar-refractivity contribution in [3.8, 4) is 0 Å². The zero-order chi connectivity index (χ0) is 12.9. The monoisotopic (exact) mass is 250 g/mol. The molecule has 2 unspecified atom stereocenters. The molecular weight excluding hydrogens is 226 g/mol. The van der Waals surface area contributed by atoms with E-state index in [1.165, 1.54) is 0 Å². The Labute approximate surface area is 103 Å². The number of methoxy groups -OCH3 is 1. The van der Waals surface area contributed by atoms with Crippen LogP contribution >= 0.6 is 0 Å². The van der Waals surface area contributed by atoms with E-state index in [9.17, 15) is 8.78 Å². The lowest BCUT2D eigenvalue weighted by Crippen LogP contribution is -2.27. The highest BCUT2D eigenvalue weighted by atomic mass is 19.3. The van der Waals surface area contributed by atoms with Crippen molar-refractivity contribution in [3.63, 3.8) is 0 Å². The normalized spacial score (nSPS) is 25.8. The Morgan fingerprint density at radius 2 is 1.88 bits per heavy atom.